The van der Waals surface area contributed by atoms with Gasteiger partial charge in [-0.05, 0) is 43.7 Å². The maximum atomic E-state index is 3.51. The Bertz CT molecular complexity index is 186. The number of hydrogen-bond acceptors (Lipinski definition) is 2. The van der Waals surface area contributed by atoms with Gasteiger partial charge < -0.3 is 10.2 Å². The summed E-state index contributed by atoms with van der Waals surface area (Å²) in [6.07, 6.45) is 5.99. The van der Waals surface area contributed by atoms with Crippen molar-refractivity contribution in [2.75, 3.05) is 32.7 Å². The lowest BCUT2D eigenvalue weighted by Crippen LogP contribution is -2.29. The van der Waals surface area contributed by atoms with Crippen LogP contribution in [0.5, 0.6) is 0 Å². The van der Waals surface area contributed by atoms with E-state index in [1.165, 1.54) is 58.4 Å². The molecule has 3 aliphatic rings. The first-order chi connectivity index (χ1) is 6.92. The fourth-order valence-electron chi connectivity index (χ4n) is 3.66. The number of nitrogens with one attached hydrogen (secondary N) is 1. The van der Waals surface area contributed by atoms with Crippen molar-refractivity contribution in [1.82, 2.24) is 10.2 Å². The third-order valence-electron chi connectivity index (χ3n) is 4.46. The van der Waals surface area contributed by atoms with Crippen LogP contribution >= 0.6 is 0 Å². The first-order valence-electron chi connectivity index (χ1n) is 6.35. The minimum Gasteiger partial charge on any atom is -0.316 e. The largest absolute Gasteiger partial charge is 0.316 e. The fraction of sp³-hybridized carbons (Fsp3) is 1.00. The standard InChI is InChI=1S/C12H22N2/c1-2-4-10(3-1)7-14-8-11-5-13-6-12(11)9-14/h10-13H,1-9H2. The van der Waals surface area contributed by atoms with Gasteiger partial charge in [-0.15, -0.1) is 0 Å². The molecule has 2 heterocycles. The van der Waals surface area contributed by atoms with E-state index in [0.717, 1.165) is 17.8 Å². The van der Waals surface area contributed by atoms with E-state index in [2.05, 4.69) is 10.2 Å². The monoisotopic (exact) mass is 194 g/mol. The van der Waals surface area contributed by atoms with Gasteiger partial charge in [0.25, 0.3) is 0 Å². The normalized spacial score (nSPS) is 39.4. The van der Waals surface area contributed by atoms with Gasteiger partial charge in [-0.1, -0.05) is 12.8 Å². The van der Waals surface area contributed by atoms with Crippen molar-refractivity contribution in [2.24, 2.45) is 17.8 Å². The summed E-state index contributed by atoms with van der Waals surface area (Å²) in [7, 11) is 0. The van der Waals surface area contributed by atoms with Gasteiger partial charge in [-0.3, -0.25) is 0 Å². The molecule has 0 spiro atoms. The molecule has 2 nitrogen and oxygen atoms in total. The molecular formula is C12H22N2. The zero-order valence-corrected chi connectivity index (χ0v) is 9.04. The lowest BCUT2D eigenvalue weighted by molar-refractivity contribution is 0.262. The number of hydrogen-bond donors (Lipinski definition) is 1. The molecule has 3 fully saturated rings. The molecule has 0 aromatic rings. The van der Waals surface area contributed by atoms with E-state index in [-0.39, 0.29) is 0 Å². The second-order valence-electron chi connectivity index (χ2n) is 5.55. The number of fused-ring (bicyclic) bond motifs is 1. The summed E-state index contributed by atoms with van der Waals surface area (Å²) in [4.78, 5) is 2.74. The molecule has 0 bridgehead atoms. The van der Waals surface area contributed by atoms with Gasteiger partial charge in [0.2, 0.25) is 0 Å². The van der Waals surface area contributed by atoms with E-state index in [1.807, 2.05) is 0 Å². The van der Waals surface area contributed by atoms with E-state index in [0.29, 0.717) is 0 Å². The third-order valence-corrected chi connectivity index (χ3v) is 4.46. The predicted octanol–water partition coefficient (Wildman–Crippen LogP) is 1.33. The van der Waals surface area contributed by atoms with Gasteiger partial charge in [0.15, 0.2) is 0 Å². The van der Waals surface area contributed by atoms with Crippen LogP contribution in [0.1, 0.15) is 25.7 Å². The summed E-state index contributed by atoms with van der Waals surface area (Å²) in [5.41, 5.74) is 0. The summed E-state index contributed by atoms with van der Waals surface area (Å²) in [6.45, 7) is 6.74. The van der Waals surface area contributed by atoms with Crippen LogP contribution in [0.2, 0.25) is 0 Å². The zero-order chi connectivity index (χ0) is 9.38. The third kappa shape index (κ3) is 1.70. The Morgan fingerprint density at radius 3 is 2.29 bits per heavy atom. The molecule has 1 saturated carbocycles. The topological polar surface area (TPSA) is 15.3 Å². The van der Waals surface area contributed by atoms with Crippen molar-refractivity contribution in [3.05, 3.63) is 0 Å². The average molecular weight is 194 g/mol. The van der Waals surface area contributed by atoms with Crippen LogP contribution in [0.3, 0.4) is 0 Å². The molecule has 0 amide bonds. The van der Waals surface area contributed by atoms with Gasteiger partial charge in [0.1, 0.15) is 0 Å². The molecule has 2 saturated heterocycles. The highest BCUT2D eigenvalue weighted by molar-refractivity contribution is 4.91. The zero-order valence-electron chi connectivity index (χ0n) is 9.04. The Hall–Kier alpha value is -0.0800. The van der Waals surface area contributed by atoms with E-state index >= 15 is 0 Å². The van der Waals surface area contributed by atoms with E-state index < -0.39 is 0 Å². The van der Waals surface area contributed by atoms with Crippen LogP contribution in [-0.2, 0) is 0 Å². The molecule has 14 heavy (non-hydrogen) atoms. The quantitative estimate of drug-likeness (QED) is 0.713. The fourth-order valence-corrected chi connectivity index (χ4v) is 3.66. The lowest BCUT2D eigenvalue weighted by Gasteiger charge is -2.20. The minimum atomic E-state index is 0.983. The van der Waals surface area contributed by atoms with Crippen LogP contribution in [0.4, 0.5) is 0 Å². The molecule has 1 aliphatic carbocycles. The Kier molecular flexibility index (Phi) is 2.50. The molecule has 2 atom stereocenters. The molecule has 3 rings (SSSR count). The first kappa shape index (κ1) is 9.17. The Morgan fingerprint density at radius 1 is 1.00 bits per heavy atom. The van der Waals surface area contributed by atoms with E-state index in [1.54, 1.807) is 0 Å². The highest BCUT2D eigenvalue weighted by Crippen LogP contribution is 2.30. The minimum absolute atomic E-state index is 0.983. The highest BCUT2D eigenvalue weighted by atomic mass is 15.2. The van der Waals surface area contributed by atoms with Gasteiger partial charge in [-0.2, -0.15) is 0 Å². The Morgan fingerprint density at radius 2 is 1.64 bits per heavy atom. The van der Waals surface area contributed by atoms with Crippen molar-refractivity contribution >= 4 is 0 Å². The molecule has 80 valence electrons. The van der Waals surface area contributed by atoms with Gasteiger partial charge in [0, 0.05) is 19.6 Å². The van der Waals surface area contributed by atoms with E-state index in [9.17, 15) is 0 Å². The molecule has 0 aromatic carbocycles. The molecular weight excluding hydrogens is 172 g/mol. The smallest absolute Gasteiger partial charge is 0.00257 e. The van der Waals surface area contributed by atoms with Gasteiger partial charge >= 0.3 is 0 Å². The Balaban J connectivity index is 1.50. The molecule has 0 aromatic heterocycles. The van der Waals surface area contributed by atoms with Crippen LogP contribution in [-0.4, -0.2) is 37.6 Å². The van der Waals surface area contributed by atoms with Gasteiger partial charge in [0.05, 0.1) is 0 Å². The van der Waals surface area contributed by atoms with Crippen LogP contribution in [0, 0.1) is 17.8 Å². The summed E-state index contributed by atoms with van der Waals surface area (Å²) >= 11 is 0. The SMILES string of the molecule is C1CCC(CN2CC3CNCC3C2)C1. The second kappa shape index (κ2) is 3.82. The van der Waals surface area contributed by atoms with Crippen molar-refractivity contribution < 1.29 is 0 Å². The number of nitrogens with zero attached hydrogens (tertiary/aromatic N) is 1. The maximum Gasteiger partial charge on any atom is 0.00257 e. The van der Waals surface area contributed by atoms with Crippen LogP contribution in [0.15, 0.2) is 0 Å². The maximum absolute atomic E-state index is 3.51. The van der Waals surface area contributed by atoms with Crippen molar-refractivity contribution in [3.63, 3.8) is 0 Å². The average Bonchev–Trinajstić information content (AvgIpc) is 2.78. The summed E-state index contributed by atoms with van der Waals surface area (Å²) in [6, 6.07) is 0. The van der Waals surface area contributed by atoms with Crippen molar-refractivity contribution in [3.8, 4) is 0 Å². The van der Waals surface area contributed by atoms with Crippen LogP contribution in [0.25, 0.3) is 0 Å². The highest BCUT2D eigenvalue weighted by Gasteiger charge is 2.36. The molecule has 2 heteroatoms. The Labute approximate surface area is 87.0 Å². The van der Waals surface area contributed by atoms with Crippen molar-refractivity contribution in [2.45, 2.75) is 25.7 Å². The second-order valence-corrected chi connectivity index (χ2v) is 5.55. The summed E-state index contributed by atoms with van der Waals surface area (Å²) < 4.78 is 0. The number of likely N-dealkylation sites (tertiary alicyclic amines) is 1. The molecule has 2 aliphatic heterocycles. The van der Waals surface area contributed by atoms with Gasteiger partial charge in [-0.25, -0.2) is 0 Å². The number of rotatable bonds is 2. The molecule has 1 N–H and O–H groups in total. The van der Waals surface area contributed by atoms with E-state index in [4.69, 9.17) is 0 Å². The van der Waals surface area contributed by atoms with Crippen molar-refractivity contribution in [1.29, 1.82) is 0 Å². The molecule has 0 radical (unpaired) electrons. The molecule has 2 unspecified atom stereocenters. The summed E-state index contributed by atoms with van der Waals surface area (Å²) in [5.74, 6) is 3.01. The lowest BCUT2D eigenvalue weighted by atomic mass is 10.0. The first-order valence-corrected chi connectivity index (χ1v) is 6.35. The van der Waals surface area contributed by atoms with Crippen LogP contribution < -0.4 is 5.32 Å². The predicted molar refractivity (Wildman–Crippen MR) is 58.2 cm³/mol. The summed E-state index contributed by atoms with van der Waals surface area (Å²) in [5, 5.41) is 3.51.